The maximum atomic E-state index is 12.5. The molecule has 3 aromatic rings. The van der Waals surface area contributed by atoms with E-state index in [9.17, 15) is 4.79 Å². The third kappa shape index (κ3) is 3.68. The SMILES string of the molecule is Cc1ccccc1CN(C)C(=O)c1cn(Cc2ccccc2)nn1. The molecule has 0 aliphatic heterocycles. The van der Waals surface area contributed by atoms with E-state index >= 15 is 0 Å². The number of nitrogens with zero attached hydrogens (tertiary/aromatic N) is 4. The lowest BCUT2D eigenvalue weighted by atomic mass is 10.1. The predicted molar refractivity (Wildman–Crippen MR) is 92.5 cm³/mol. The number of carbonyl (C=O) groups is 1. The van der Waals surface area contributed by atoms with Gasteiger partial charge in [-0.25, -0.2) is 4.68 Å². The lowest BCUT2D eigenvalue weighted by molar-refractivity contribution is 0.0779. The fourth-order valence-corrected chi connectivity index (χ4v) is 2.55. The van der Waals surface area contributed by atoms with Crippen LogP contribution in [0.5, 0.6) is 0 Å². The molecule has 5 nitrogen and oxygen atoms in total. The lowest BCUT2D eigenvalue weighted by Gasteiger charge is -2.17. The van der Waals surface area contributed by atoms with Crippen molar-refractivity contribution < 1.29 is 4.79 Å². The third-order valence-corrected chi connectivity index (χ3v) is 3.96. The molecule has 1 amide bonds. The summed E-state index contributed by atoms with van der Waals surface area (Å²) in [6.45, 7) is 3.20. The summed E-state index contributed by atoms with van der Waals surface area (Å²) in [6.07, 6.45) is 1.70. The average molecular weight is 320 g/mol. The zero-order chi connectivity index (χ0) is 16.9. The minimum absolute atomic E-state index is 0.127. The molecule has 5 heteroatoms. The first-order valence-electron chi connectivity index (χ1n) is 7.87. The molecule has 0 atom stereocenters. The van der Waals surface area contributed by atoms with Gasteiger partial charge in [-0.15, -0.1) is 5.10 Å². The van der Waals surface area contributed by atoms with Crippen molar-refractivity contribution in [2.45, 2.75) is 20.0 Å². The Balaban J connectivity index is 1.68. The molecule has 3 rings (SSSR count). The van der Waals surface area contributed by atoms with Crippen LogP contribution in [0.2, 0.25) is 0 Å². The van der Waals surface area contributed by atoms with Gasteiger partial charge in [-0.05, 0) is 23.6 Å². The molecule has 0 N–H and O–H groups in total. The van der Waals surface area contributed by atoms with E-state index in [0.717, 1.165) is 11.1 Å². The van der Waals surface area contributed by atoms with Crippen molar-refractivity contribution in [3.05, 3.63) is 83.2 Å². The Bertz CT molecular complexity index is 826. The number of benzene rings is 2. The number of aromatic nitrogens is 3. The van der Waals surface area contributed by atoms with E-state index in [1.807, 2.05) is 61.5 Å². The molecule has 0 bridgehead atoms. The van der Waals surface area contributed by atoms with Gasteiger partial charge < -0.3 is 4.90 Å². The number of aryl methyl sites for hydroxylation is 1. The second-order valence-electron chi connectivity index (χ2n) is 5.87. The van der Waals surface area contributed by atoms with Gasteiger partial charge in [-0.3, -0.25) is 4.79 Å². The van der Waals surface area contributed by atoms with Gasteiger partial charge in [0.05, 0.1) is 12.7 Å². The highest BCUT2D eigenvalue weighted by molar-refractivity contribution is 5.91. The van der Waals surface area contributed by atoms with E-state index in [1.54, 1.807) is 22.8 Å². The van der Waals surface area contributed by atoms with E-state index in [4.69, 9.17) is 0 Å². The number of carbonyl (C=O) groups excluding carboxylic acids is 1. The smallest absolute Gasteiger partial charge is 0.276 e. The van der Waals surface area contributed by atoms with Gasteiger partial charge in [0.2, 0.25) is 0 Å². The van der Waals surface area contributed by atoms with Crippen molar-refractivity contribution in [2.75, 3.05) is 7.05 Å². The number of hydrogen-bond acceptors (Lipinski definition) is 3. The summed E-state index contributed by atoms with van der Waals surface area (Å²) in [5, 5.41) is 8.08. The number of rotatable bonds is 5. The number of amides is 1. The van der Waals surface area contributed by atoms with E-state index in [-0.39, 0.29) is 5.91 Å². The molecule has 0 fully saturated rings. The fourth-order valence-electron chi connectivity index (χ4n) is 2.55. The molecular weight excluding hydrogens is 300 g/mol. The van der Waals surface area contributed by atoms with Crippen LogP contribution in [0.15, 0.2) is 60.8 Å². The highest BCUT2D eigenvalue weighted by Crippen LogP contribution is 2.11. The first-order chi connectivity index (χ1) is 11.6. The standard InChI is InChI=1S/C19H20N4O/c1-15-8-6-7-11-17(15)13-22(2)19(24)18-14-23(21-20-18)12-16-9-4-3-5-10-16/h3-11,14H,12-13H2,1-2H3. The largest absolute Gasteiger partial charge is 0.336 e. The molecule has 0 saturated heterocycles. The minimum Gasteiger partial charge on any atom is -0.336 e. The van der Waals surface area contributed by atoms with Gasteiger partial charge in [0.15, 0.2) is 5.69 Å². The molecule has 122 valence electrons. The highest BCUT2D eigenvalue weighted by atomic mass is 16.2. The van der Waals surface area contributed by atoms with Crippen LogP contribution < -0.4 is 0 Å². The molecule has 0 radical (unpaired) electrons. The molecule has 0 spiro atoms. The van der Waals surface area contributed by atoms with E-state index in [2.05, 4.69) is 10.3 Å². The molecule has 1 heterocycles. The first-order valence-corrected chi connectivity index (χ1v) is 7.87. The van der Waals surface area contributed by atoms with Crippen LogP contribution in [0.1, 0.15) is 27.2 Å². The van der Waals surface area contributed by atoms with Gasteiger partial charge >= 0.3 is 0 Å². The van der Waals surface area contributed by atoms with Crippen LogP contribution >= 0.6 is 0 Å². The van der Waals surface area contributed by atoms with Crippen LogP contribution in [0.25, 0.3) is 0 Å². The Morgan fingerprint density at radius 2 is 1.79 bits per heavy atom. The summed E-state index contributed by atoms with van der Waals surface area (Å²) in [6, 6.07) is 18.0. The summed E-state index contributed by atoms with van der Waals surface area (Å²) in [5.41, 5.74) is 3.78. The maximum Gasteiger partial charge on any atom is 0.276 e. The summed E-state index contributed by atoms with van der Waals surface area (Å²) in [7, 11) is 1.78. The monoisotopic (exact) mass is 320 g/mol. The van der Waals surface area contributed by atoms with Crippen molar-refractivity contribution in [3.63, 3.8) is 0 Å². The Morgan fingerprint density at radius 3 is 2.54 bits per heavy atom. The fraction of sp³-hybridized carbons (Fsp3) is 0.211. The molecule has 0 saturated carbocycles. The van der Waals surface area contributed by atoms with Gasteiger partial charge in [-0.1, -0.05) is 59.8 Å². The van der Waals surface area contributed by atoms with Gasteiger partial charge in [0.1, 0.15) is 0 Å². The summed E-state index contributed by atoms with van der Waals surface area (Å²) in [4.78, 5) is 14.2. The zero-order valence-electron chi connectivity index (χ0n) is 13.9. The quantitative estimate of drug-likeness (QED) is 0.726. The van der Waals surface area contributed by atoms with Gasteiger partial charge in [-0.2, -0.15) is 0 Å². The molecule has 1 aromatic heterocycles. The van der Waals surface area contributed by atoms with E-state index in [1.165, 1.54) is 5.56 Å². The maximum absolute atomic E-state index is 12.5. The highest BCUT2D eigenvalue weighted by Gasteiger charge is 2.16. The Morgan fingerprint density at radius 1 is 1.08 bits per heavy atom. The second kappa shape index (κ2) is 7.08. The van der Waals surface area contributed by atoms with Crippen molar-refractivity contribution in [3.8, 4) is 0 Å². The molecule has 24 heavy (non-hydrogen) atoms. The average Bonchev–Trinajstić information content (AvgIpc) is 3.05. The topological polar surface area (TPSA) is 51.0 Å². The van der Waals surface area contributed by atoms with Gasteiger partial charge in [0.25, 0.3) is 5.91 Å². The van der Waals surface area contributed by atoms with Crippen LogP contribution in [-0.4, -0.2) is 32.8 Å². The molecule has 0 aliphatic rings. The summed E-state index contributed by atoms with van der Waals surface area (Å²) >= 11 is 0. The van der Waals surface area contributed by atoms with Gasteiger partial charge in [0, 0.05) is 13.6 Å². The third-order valence-electron chi connectivity index (χ3n) is 3.96. The zero-order valence-corrected chi connectivity index (χ0v) is 13.9. The van der Waals surface area contributed by atoms with Crippen molar-refractivity contribution in [2.24, 2.45) is 0 Å². The Labute approximate surface area is 141 Å². The minimum atomic E-state index is -0.127. The molecule has 0 unspecified atom stereocenters. The normalized spacial score (nSPS) is 10.6. The molecule has 0 aliphatic carbocycles. The van der Waals surface area contributed by atoms with Crippen LogP contribution in [-0.2, 0) is 13.1 Å². The van der Waals surface area contributed by atoms with Crippen LogP contribution in [0.3, 0.4) is 0 Å². The lowest BCUT2D eigenvalue weighted by Crippen LogP contribution is -2.26. The first kappa shape index (κ1) is 15.9. The van der Waals surface area contributed by atoms with Crippen molar-refractivity contribution >= 4 is 5.91 Å². The van der Waals surface area contributed by atoms with Crippen LogP contribution in [0, 0.1) is 6.92 Å². The number of hydrogen-bond donors (Lipinski definition) is 0. The Hall–Kier alpha value is -2.95. The molecule has 2 aromatic carbocycles. The van der Waals surface area contributed by atoms with E-state index in [0.29, 0.717) is 18.8 Å². The second-order valence-corrected chi connectivity index (χ2v) is 5.87. The Kier molecular flexibility index (Phi) is 4.70. The predicted octanol–water partition coefficient (Wildman–Crippen LogP) is 2.91. The van der Waals surface area contributed by atoms with Crippen LogP contribution in [0.4, 0.5) is 0 Å². The van der Waals surface area contributed by atoms with E-state index < -0.39 is 0 Å². The summed E-state index contributed by atoms with van der Waals surface area (Å²) in [5.74, 6) is -0.127. The van der Waals surface area contributed by atoms with Crippen molar-refractivity contribution in [1.29, 1.82) is 0 Å². The van der Waals surface area contributed by atoms with Crippen molar-refractivity contribution in [1.82, 2.24) is 19.9 Å². The molecular formula is C19H20N4O. The summed E-state index contributed by atoms with van der Waals surface area (Å²) < 4.78 is 1.68.